The predicted octanol–water partition coefficient (Wildman–Crippen LogP) is 3.67. The second kappa shape index (κ2) is 5.67. The van der Waals surface area contributed by atoms with Crippen LogP contribution in [0.5, 0.6) is 0 Å². The lowest BCUT2D eigenvalue weighted by Crippen LogP contribution is -2.36. The first-order valence-electron chi connectivity index (χ1n) is 4.70. The highest BCUT2D eigenvalue weighted by molar-refractivity contribution is 6.42. The summed E-state index contributed by atoms with van der Waals surface area (Å²) in [4.78, 5) is 10.5. The van der Waals surface area contributed by atoms with Crippen molar-refractivity contribution in [2.75, 3.05) is 11.9 Å². The van der Waals surface area contributed by atoms with E-state index >= 15 is 0 Å². The number of carboxylic acid groups (broad SMARTS) is 1. The van der Waals surface area contributed by atoms with Gasteiger partial charge in [0.25, 0.3) is 0 Å². The second-order valence-corrected chi connectivity index (χ2v) is 4.26. The Bertz CT molecular complexity index is 451. The molecule has 0 amide bonds. The lowest BCUT2D eigenvalue weighted by Gasteiger charge is -2.17. The number of carboxylic acids is 1. The molecule has 1 atom stereocenters. The fourth-order valence-electron chi connectivity index (χ4n) is 1.17. The molecular weight excluding hydrogens is 294 g/mol. The summed E-state index contributed by atoms with van der Waals surface area (Å²) in [6.07, 6.45) is -4.81. The van der Waals surface area contributed by atoms with Gasteiger partial charge >= 0.3 is 12.1 Å². The van der Waals surface area contributed by atoms with Gasteiger partial charge in [-0.2, -0.15) is 13.2 Å². The van der Waals surface area contributed by atoms with Crippen LogP contribution in [0.1, 0.15) is 0 Å². The van der Waals surface area contributed by atoms with Gasteiger partial charge in [0.05, 0.1) is 10.0 Å². The average Bonchev–Trinajstić information content (AvgIpc) is 2.21. The van der Waals surface area contributed by atoms with Crippen molar-refractivity contribution in [3.8, 4) is 0 Å². The topological polar surface area (TPSA) is 49.3 Å². The molecule has 0 spiro atoms. The zero-order chi connectivity index (χ0) is 13.9. The van der Waals surface area contributed by atoms with Gasteiger partial charge in [0, 0.05) is 12.2 Å². The summed E-state index contributed by atoms with van der Waals surface area (Å²) in [6.45, 7) is -0.781. The van der Waals surface area contributed by atoms with Crippen molar-refractivity contribution in [3.63, 3.8) is 0 Å². The minimum absolute atomic E-state index is 0.167. The van der Waals surface area contributed by atoms with Crippen molar-refractivity contribution in [2.45, 2.75) is 6.18 Å². The van der Waals surface area contributed by atoms with E-state index in [0.29, 0.717) is 0 Å². The van der Waals surface area contributed by atoms with Crippen LogP contribution in [-0.4, -0.2) is 23.8 Å². The fourth-order valence-corrected chi connectivity index (χ4v) is 1.47. The first-order chi connectivity index (χ1) is 8.21. The highest BCUT2D eigenvalue weighted by Gasteiger charge is 2.44. The van der Waals surface area contributed by atoms with Crippen molar-refractivity contribution < 1.29 is 23.1 Å². The summed E-state index contributed by atoms with van der Waals surface area (Å²) in [5.41, 5.74) is 0.264. The van der Waals surface area contributed by atoms with Gasteiger partial charge in [0.15, 0.2) is 5.92 Å². The van der Waals surface area contributed by atoms with Gasteiger partial charge in [-0.15, -0.1) is 0 Å². The molecule has 0 aromatic heterocycles. The maximum Gasteiger partial charge on any atom is 0.403 e. The van der Waals surface area contributed by atoms with E-state index in [2.05, 4.69) is 5.32 Å². The van der Waals surface area contributed by atoms with Crippen molar-refractivity contribution in [2.24, 2.45) is 5.92 Å². The Morgan fingerprint density at radius 2 is 1.94 bits per heavy atom. The molecule has 3 nitrogen and oxygen atoms in total. The van der Waals surface area contributed by atoms with Crippen LogP contribution < -0.4 is 5.32 Å². The summed E-state index contributed by atoms with van der Waals surface area (Å²) in [5.74, 6) is -4.41. The Hall–Kier alpha value is -1.14. The minimum atomic E-state index is -4.81. The van der Waals surface area contributed by atoms with Crippen LogP contribution >= 0.6 is 23.2 Å². The maximum absolute atomic E-state index is 12.3. The molecule has 1 unspecified atom stereocenters. The molecule has 1 rings (SSSR count). The van der Waals surface area contributed by atoms with Crippen LogP contribution in [-0.2, 0) is 4.79 Å². The molecule has 0 bridgehead atoms. The van der Waals surface area contributed by atoms with E-state index in [4.69, 9.17) is 28.3 Å². The average molecular weight is 302 g/mol. The Morgan fingerprint density at radius 3 is 2.39 bits per heavy atom. The highest BCUT2D eigenvalue weighted by Crippen LogP contribution is 2.28. The number of hydrogen-bond acceptors (Lipinski definition) is 2. The normalized spacial score (nSPS) is 13.2. The predicted molar refractivity (Wildman–Crippen MR) is 62.1 cm³/mol. The first-order valence-corrected chi connectivity index (χ1v) is 5.46. The summed E-state index contributed by atoms with van der Waals surface area (Å²) >= 11 is 11.3. The third kappa shape index (κ3) is 3.96. The summed E-state index contributed by atoms with van der Waals surface area (Å²) in [5, 5.41) is 11.3. The number of aliphatic carboxylic acids is 1. The smallest absolute Gasteiger partial charge is 0.403 e. The zero-order valence-electron chi connectivity index (χ0n) is 8.76. The van der Waals surface area contributed by atoms with Crippen molar-refractivity contribution in [1.29, 1.82) is 0 Å². The van der Waals surface area contributed by atoms with Gasteiger partial charge in [-0.05, 0) is 18.2 Å². The fraction of sp³-hybridized carbons (Fsp3) is 0.300. The number of benzene rings is 1. The third-order valence-corrected chi connectivity index (χ3v) is 2.86. The standard InChI is InChI=1S/C10H8Cl2F3NO2/c11-7-2-1-5(3-8(7)12)16-4-6(9(17)18)10(13,14)15/h1-3,6,16H,4H2,(H,17,18). The van der Waals surface area contributed by atoms with Crippen LogP contribution in [0.2, 0.25) is 10.0 Å². The zero-order valence-corrected chi connectivity index (χ0v) is 10.3. The van der Waals surface area contributed by atoms with E-state index in [9.17, 15) is 18.0 Å². The molecule has 8 heteroatoms. The molecule has 2 N–H and O–H groups in total. The molecule has 0 aliphatic heterocycles. The number of carbonyl (C=O) groups is 1. The number of hydrogen-bond donors (Lipinski definition) is 2. The van der Waals surface area contributed by atoms with Crippen molar-refractivity contribution in [1.82, 2.24) is 0 Å². The number of nitrogens with one attached hydrogen (secondary N) is 1. The number of alkyl halides is 3. The largest absolute Gasteiger partial charge is 0.481 e. The lowest BCUT2D eigenvalue weighted by molar-refractivity contribution is -0.190. The van der Waals surface area contributed by atoms with Gasteiger partial charge in [-0.3, -0.25) is 4.79 Å². The molecule has 0 aliphatic rings. The molecule has 1 aromatic rings. The van der Waals surface area contributed by atoms with E-state index < -0.39 is 24.6 Å². The van der Waals surface area contributed by atoms with E-state index in [1.54, 1.807) is 0 Å². The molecule has 1 aromatic carbocycles. The van der Waals surface area contributed by atoms with Gasteiger partial charge in [0.2, 0.25) is 0 Å². The van der Waals surface area contributed by atoms with Crippen LogP contribution in [0.3, 0.4) is 0 Å². The molecule has 0 aliphatic carbocycles. The summed E-state index contributed by atoms with van der Waals surface area (Å²) < 4.78 is 37.0. The number of halogens is 5. The van der Waals surface area contributed by atoms with Crippen LogP contribution in [0.25, 0.3) is 0 Å². The molecule has 0 saturated heterocycles. The van der Waals surface area contributed by atoms with E-state index in [1.165, 1.54) is 18.2 Å². The molecule has 100 valence electrons. The van der Waals surface area contributed by atoms with E-state index in [1.807, 2.05) is 0 Å². The number of anilines is 1. The van der Waals surface area contributed by atoms with E-state index in [0.717, 1.165) is 0 Å². The SMILES string of the molecule is O=C(O)C(CNc1ccc(Cl)c(Cl)c1)C(F)(F)F. The van der Waals surface area contributed by atoms with Crippen LogP contribution in [0.4, 0.5) is 18.9 Å². The van der Waals surface area contributed by atoms with Crippen LogP contribution in [0.15, 0.2) is 18.2 Å². The summed E-state index contributed by atoms with van der Waals surface area (Å²) in [6, 6.07) is 4.12. The van der Waals surface area contributed by atoms with Gasteiger partial charge in [-0.25, -0.2) is 0 Å². The molecular formula is C10H8Cl2F3NO2. The third-order valence-electron chi connectivity index (χ3n) is 2.12. The Balaban J connectivity index is 2.73. The van der Waals surface area contributed by atoms with Crippen molar-refractivity contribution in [3.05, 3.63) is 28.2 Å². The van der Waals surface area contributed by atoms with Crippen LogP contribution in [0, 0.1) is 5.92 Å². The molecule has 18 heavy (non-hydrogen) atoms. The highest BCUT2D eigenvalue weighted by atomic mass is 35.5. The van der Waals surface area contributed by atoms with Crippen molar-refractivity contribution >= 4 is 34.9 Å². The molecule has 0 fully saturated rings. The number of rotatable bonds is 4. The Morgan fingerprint density at radius 1 is 1.33 bits per heavy atom. The van der Waals surface area contributed by atoms with Gasteiger partial charge < -0.3 is 10.4 Å². The quantitative estimate of drug-likeness (QED) is 0.892. The van der Waals surface area contributed by atoms with Gasteiger partial charge in [-0.1, -0.05) is 23.2 Å². The second-order valence-electron chi connectivity index (χ2n) is 3.44. The molecule has 0 heterocycles. The summed E-state index contributed by atoms with van der Waals surface area (Å²) in [7, 11) is 0. The van der Waals surface area contributed by atoms with Gasteiger partial charge in [0.1, 0.15) is 0 Å². The first kappa shape index (κ1) is 14.9. The lowest BCUT2D eigenvalue weighted by atomic mass is 10.1. The molecule has 0 radical (unpaired) electrons. The molecule has 0 saturated carbocycles. The monoisotopic (exact) mass is 301 g/mol. The Labute approximate surface area is 110 Å². The minimum Gasteiger partial charge on any atom is -0.481 e. The van der Waals surface area contributed by atoms with E-state index in [-0.39, 0.29) is 15.7 Å². The Kier molecular flexibility index (Phi) is 4.70. The maximum atomic E-state index is 12.3.